The quantitative estimate of drug-likeness (QED) is 0.562. The smallest absolute Gasteiger partial charge is 0.279 e. The monoisotopic (exact) mass is 417 g/mol. The van der Waals surface area contributed by atoms with Crippen molar-refractivity contribution in [2.24, 2.45) is 0 Å². The van der Waals surface area contributed by atoms with Gasteiger partial charge in [-0.15, -0.1) is 0 Å². The maximum atomic E-state index is 12.7. The Morgan fingerprint density at radius 2 is 1.58 bits per heavy atom. The lowest BCUT2D eigenvalue weighted by atomic mass is 10.1. The highest BCUT2D eigenvalue weighted by atomic mass is 16.2. The molecule has 4 N–H and O–H groups in total. The number of carbonyl (C=O) groups excluding carboxylic acids is 2. The number of piperazine rings is 1. The number of nitrogens with one attached hydrogen (secondary N) is 4. The molecule has 1 aliphatic heterocycles. The van der Waals surface area contributed by atoms with Crippen molar-refractivity contribution < 1.29 is 19.5 Å². The SMILES string of the molecule is O=C(C[NH+]1CCN(c2cccc[nH+]2)CC1)Nc1ccccc1C(=O)Nc1ccccc1. The van der Waals surface area contributed by atoms with E-state index < -0.39 is 0 Å². The molecule has 7 nitrogen and oxygen atoms in total. The summed E-state index contributed by atoms with van der Waals surface area (Å²) < 4.78 is 0. The van der Waals surface area contributed by atoms with Gasteiger partial charge in [-0.1, -0.05) is 36.4 Å². The van der Waals surface area contributed by atoms with Crippen molar-refractivity contribution in [1.82, 2.24) is 0 Å². The van der Waals surface area contributed by atoms with Gasteiger partial charge >= 0.3 is 0 Å². The second-order valence-corrected chi connectivity index (χ2v) is 7.58. The Hall–Kier alpha value is -3.71. The Labute approximate surface area is 181 Å². The summed E-state index contributed by atoms with van der Waals surface area (Å²) in [5, 5.41) is 5.80. The van der Waals surface area contributed by atoms with Crippen molar-refractivity contribution in [2.45, 2.75) is 0 Å². The Kier molecular flexibility index (Phi) is 6.54. The van der Waals surface area contributed by atoms with Crippen LogP contribution in [0.2, 0.25) is 0 Å². The lowest BCUT2D eigenvalue weighted by Gasteiger charge is -2.27. The molecule has 0 bridgehead atoms. The van der Waals surface area contributed by atoms with Gasteiger partial charge in [0, 0.05) is 11.8 Å². The number of aromatic amines is 1. The van der Waals surface area contributed by atoms with Crippen molar-refractivity contribution >= 4 is 29.0 Å². The standard InChI is InChI=1S/C24H25N5O2/c30-23(18-28-14-16-29(17-15-28)22-12-6-7-13-25-22)27-21-11-5-4-10-20(21)24(31)26-19-8-2-1-3-9-19/h1-13H,14-18H2,(H,26,31)(H,27,30)/p+2. The van der Waals surface area contributed by atoms with E-state index in [0.29, 0.717) is 23.5 Å². The molecule has 0 unspecified atom stereocenters. The molecule has 3 aromatic rings. The van der Waals surface area contributed by atoms with Gasteiger partial charge in [0.1, 0.15) is 26.2 Å². The summed E-state index contributed by atoms with van der Waals surface area (Å²) in [5.74, 6) is 0.765. The van der Waals surface area contributed by atoms with Crippen molar-refractivity contribution in [3.8, 4) is 0 Å². The number of H-pyrrole nitrogens is 1. The molecule has 1 aliphatic rings. The predicted octanol–water partition coefficient (Wildman–Crippen LogP) is 1.10. The highest BCUT2D eigenvalue weighted by Crippen LogP contribution is 2.17. The molecule has 4 rings (SSSR count). The third kappa shape index (κ3) is 5.46. The summed E-state index contributed by atoms with van der Waals surface area (Å²) in [5.41, 5.74) is 1.68. The first-order chi connectivity index (χ1) is 15.2. The number of anilines is 3. The number of pyridine rings is 1. The number of carbonyl (C=O) groups is 2. The van der Waals surface area contributed by atoms with Crippen LogP contribution in [0.1, 0.15) is 10.4 Å². The number of nitrogens with zero attached hydrogens (tertiary/aromatic N) is 1. The number of rotatable bonds is 6. The Morgan fingerprint density at radius 3 is 2.32 bits per heavy atom. The van der Waals surface area contributed by atoms with E-state index in [4.69, 9.17) is 0 Å². The van der Waals surface area contributed by atoms with Gasteiger partial charge in [-0.25, -0.2) is 4.98 Å². The second kappa shape index (κ2) is 9.86. The van der Waals surface area contributed by atoms with E-state index >= 15 is 0 Å². The average molecular weight is 418 g/mol. The first kappa shape index (κ1) is 20.6. The van der Waals surface area contributed by atoms with Gasteiger partial charge in [-0.3, -0.25) is 14.5 Å². The fourth-order valence-corrected chi connectivity index (χ4v) is 3.75. The molecule has 0 saturated carbocycles. The summed E-state index contributed by atoms with van der Waals surface area (Å²) in [4.78, 5) is 32.2. The van der Waals surface area contributed by atoms with Crippen LogP contribution in [0, 0.1) is 0 Å². The maximum absolute atomic E-state index is 12.7. The molecule has 0 spiro atoms. The van der Waals surface area contributed by atoms with Crippen LogP contribution < -0.4 is 25.4 Å². The van der Waals surface area contributed by atoms with Crippen molar-refractivity contribution in [3.05, 3.63) is 84.6 Å². The number of benzene rings is 2. The number of amides is 2. The van der Waals surface area contributed by atoms with Crippen LogP contribution >= 0.6 is 0 Å². The van der Waals surface area contributed by atoms with E-state index in [1.807, 2.05) is 54.7 Å². The lowest BCUT2D eigenvalue weighted by Crippen LogP contribution is -3.15. The summed E-state index contributed by atoms with van der Waals surface area (Å²) in [6.45, 7) is 3.91. The predicted molar refractivity (Wildman–Crippen MR) is 120 cm³/mol. The Bertz CT molecular complexity index is 1020. The van der Waals surface area contributed by atoms with Crippen molar-refractivity contribution in [1.29, 1.82) is 0 Å². The van der Waals surface area contributed by atoms with Crippen LogP contribution in [0.3, 0.4) is 0 Å². The highest BCUT2D eigenvalue weighted by Gasteiger charge is 2.27. The molecular formula is C24H27N5O2+2. The second-order valence-electron chi connectivity index (χ2n) is 7.58. The average Bonchev–Trinajstić information content (AvgIpc) is 2.81. The molecule has 2 heterocycles. The third-order valence-corrected chi connectivity index (χ3v) is 5.39. The zero-order chi connectivity index (χ0) is 21.5. The highest BCUT2D eigenvalue weighted by molar-refractivity contribution is 6.10. The molecule has 0 radical (unpaired) electrons. The number of para-hydroxylation sites is 2. The van der Waals surface area contributed by atoms with Gasteiger partial charge in [-0.05, 0) is 30.3 Å². The number of quaternary nitrogens is 1. The molecule has 0 aliphatic carbocycles. The Morgan fingerprint density at radius 1 is 0.871 bits per heavy atom. The molecule has 1 saturated heterocycles. The van der Waals surface area contributed by atoms with Gasteiger partial charge in [-0.2, -0.15) is 0 Å². The first-order valence-electron chi connectivity index (χ1n) is 10.5. The molecule has 7 heteroatoms. The minimum atomic E-state index is -0.248. The minimum absolute atomic E-state index is 0.0883. The van der Waals surface area contributed by atoms with Gasteiger partial charge in [0.05, 0.1) is 17.4 Å². The van der Waals surface area contributed by atoms with Crippen molar-refractivity contribution in [3.63, 3.8) is 0 Å². The van der Waals surface area contributed by atoms with E-state index in [1.54, 1.807) is 18.2 Å². The fourth-order valence-electron chi connectivity index (χ4n) is 3.75. The number of hydrogen-bond donors (Lipinski definition) is 3. The lowest BCUT2D eigenvalue weighted by molar-refractivity contribution is -0.892. The van der Waals surface area contributed by atoms with E-state index in [1.165, 1.54) is 4.90 Å². The molecule has 158 valence electrons. The van der Waals surface area contributed by atoms with Crippen LogP contribution in [0.15, 0.2) is 79.0 Å². The summed E-state index contributed by atoms with van der Waals surface area (Å²) in [6.07, 6.45) is 1.92. The minimum Gasteiger partial charge on any atom is -0.322 e. The van der Waals surface area contributed by atoms with Crippen LogP contribution in [0.5, 0.6) is 0 Å². The zero-order valence-corrected chi connectivity index (χ0v) is 17.3. The van der Waals surface area contributed by atoms with Crippen molar-refractivity contribution in [2.75, 3.05) is 48.3 Å². The molecular weight excluding hydrogens is 390 g/mol. The first-order valence-corrected chi connectivity index (χ1v) is 10.5. The molecule has 1 fully saturated rings. The molecule has 0 atom stereocenters. The zero-order valence-electron chi connectivity index (χ0n) is 17.3. The number of aromatic nitrogens is 1. The molecule has 1 aromatic heterocycles. The van der Waals surface area contributed by atoms with Gasteiger partial charge in [0.15, 0.2) is 6.54 Å². The summed E-state index contributed by atoms with van der Waals surface area (Å²) in [7, 11) is 0. The topological polar surface area (TPSA) is 80.0 Å². The van der Waals surface area contributed by atoms with E-state index in [0.717, 1.165) is 32.0 Å². The summed E-state index contributed by atoms with van der Waals surface area (Å²) >= 11 is 0. The van der Waals surface area contributed by atoms with E-state index in [2.05, 4.69) is 26.6 Å². The van der Waals surface area contributed by atoms with E-state index in [-0.39, 0.29) is 11.8 Å². The van der Waals surface area contributed by atoms with Gasteiger partial charge in [0.25, 0.3) is 17.6 Å². The Balaban J connectivity index is 1.33. The number of hydrogen-bond acceptors (Lipinski definition) is 3. The maximum Gasteiger partial charge on any atom is 0.279 e. The molecule has 2 amide bonds. The normalized spacial score (nSPS) is 14.1. The molecule has 31 heavy (non-hydrogen) atoms. The van der Waals surface area contributed by atoms with Crippen LogP contribution in [-0.2, 0) is 4.79 Å². The van der Waals surface area contributed by atoms with Gasteiger partial charge in [0.2, 0.25) is 0 Å². The van der Waals surface area contributed by atoms with Crippen LogP contribution in [0.25, 0.3) is 0 Å². The van der Waals surface area contributed by atoms with Crippen LogP contribution in [-0.4, -0.2) is 44.5 Å². The largest absolute Gasteiger partial charge is 0.322 e. The van der Waals surface area contributed by atoms with Gasteiger partial charge < -0.3 is 15.5 Å². The van der Waals surface area contributed by atoms with E-state index in [9.17, 15) is 9.59 Å². The summed E-state index contributed by atoms with van der Waals surface area (Å²) in [6, 6.07) is 22.4. The fraction of sp³-hybridized carbons (Fsp3) is 0.208. The third-order valence-electron chi connectivity index (χ3n) is 5.39. The molecule has 2 aromatic carbocycles. The van der Waals surface area contributed by atoms with Crippen LogP contribution in [0.4, 0.5) is 17.2 Å².